The number of piperidine rings is 1. The monoisotopic (exact) mass is 171 g/mol. The van der Waals surface area contributed by atoms with Gasteiger partial charge in [0.05, 0.1) is 0 Å². The van der Waals surface area contributed by atoms with E-state index in [1.165, 1.54) is 32.4 Å². The molecule has 0 saturated carbocycles. The fourth-order valence-electron chi connectivity index (χ4n) is 1.65. The summed E-state index contributed by atoms with van der Waals surface area (Å²) >= 11 is 0. The van der Waals surface area contributed by atoms with Crippen LogP contribution < -0.4 is 11.5 Å². The van der Waals surface area contributed by atoms with E-state index in [1.54, 1.807) is 0 Å². The van der Waals surface area contributed by atoms with Crippen molar-refractivity contribution in [1.29, 1.82) is 0 Å². The number of hydrogen-bond donors (Lipinski definition) is 2. The average Bonchev–Trinajstić information content (AvgIpc) is 2.16. The van der Waals surface area contributed by atoms with E-state index < -0.39 is 0 Å². The van der Waals surface area contributed by atoms with Gasteiger partial charge in [-0.3, -0.25) is 0 Å². The van der Waals surface area contributed by atoms with Crippen molar-refractivity contribution in [2.75, 3.05) is 26.2 Å². The summed E-state index contributed by atoms with van der Waals surface area (Å²) in [6.45, 7) is 4.28. The lowest BCUT2D eigenvalue weighted by molar-refractivity contribution is 0.221. The van der Waals surface area contributed by atoms with Crippen LogP contribution in [0.25, 0.3) is 0 Å². The van der Waals surface area contributed by atoms with Gasteiger partial charge < -0.3 is 16.4 Å². The van der Waals surface area contributed by atoms with E-state index in [0.717, 1.165) is 13.0 Å². The first kappa shape index (κ1) is 9.96. The smallest absolute Gasteiger partial charge is 0.0175 e. The van der Waals surface area contributed by atoms with Crippen molar-refractivity contribution < 1.29 is 0 Å². The molecule has 0 aromatic carbocycles. The van der Waals surface area contributed by atoms with Crippen molar-refractivity contribution in [3.8, 4) is 0 Å². The van der Waals surface area contributed by atoms with Crippen LogP contribution in [0, 0.1) is 0 Å². The van der Waals surface area contributed by atoms with Crippen molar-refractivity contribution in [1.82, 2.24) is 4.90 Å². The molecule has 1 rings (SSSR count). The molecule has 1 atom stereocenters. The highest BCUT2D eigenvalue weighted by Crippen LogP contribution is 2.08. The van der Waals surface area contributed by atoms with E-state index >= 15 is 0 Å². The fraction of sp³-hybridized carbons (Fsp3) is 1.00. The Morgan fingerprint density at radius 2 is 1.83 bits per heavy atom. The first-order valence-corrected chi connectivity index (χ1v) is 5.01. The molecule has 1 aliphatic heterocycles. The van der Waals surface area contributed by atoms with Crippen LogP contribution in [0.15, 0.2) is 0 Å². The van der Waals surface area contributed by atoms with Crippen LogP contribution in [0.5, 0.6) is 0 Å². The fourth-order valence-corrected chi connectivity index (χ4v) is 1.65. The molecule has 0 aromatic rings. The second-order valence-electron chi connectivity index (χ2n) is 3.69. The minimum atomic E-state index is 0.201. The lowest BCUT2D eigenvalue weighted by Crippen LogP contribution is -2.37. The molecule has 0 spiro atoms. The Labute approximate surface area is 75.1 Å². The van der Waals surface area contributed by atoms with Gasteiger partial charge in [-0.25, -0.2) is 0 Å². The van der Waals surface area contributed by atoms with Gasteiger partial charge in [-0.15, -0.1) is 0 Å². The summed E-state index contributed by atoms with van der Waals surface area (Å²) in [6, 6.07) is 0.201. The van der Waals surface area contributed by atoms with Crippen LogP contribution in [0.4, 0.5) is 0 Å². The minimum absolute atomic E-state index is 0.201. The Morgan fingerprint density at radius 1 is 1.17 bits per heavy atom. The van der Waals surface area contributed by atoms with Crippen molar-refractivity contribution >= 4 is 0 Å². The Morgan fingerprint density at radius 3 is 2.42 bits per heavy atom. The summed E-state index contributed by atoms with van der Waals surface area (Å²) in [4.78, 5) is 2.50. The van der Waals surface area contributed by atoms with Gasteiger partial charge >= 0.3 is 0 Å². The van der Waals surface area contributed by atoms with E-state index in [-0.39, 0.29) is 6.04 Å². The molecule has 3 nitrogen and oxygen atoms in total. The van der Waals surface area contributed by atoms with E-state index in [9.17, 15) is 0 Å². The zero-order valence-corrected chi connectivity index (χ0v) is 7.84. The molecule has 0 amide bonds. The molecular formula is C9H21N3. The van der Waals surface area contributed by atoms with Gasteiger partial charge in [-0.05, 0) is 38.9 Å². The van der Waals surface area contributed by atoms with Crippen molar-refractivity contribution in [2.24, 2.45) is 11.5 Å². The molecule has 0 radical (unpaired) electrons. The molecule has 1 fully saturated rings. The third kappa shape index (κ3) is 3.52. The third-order valence-electron chi connectivity index (χ3n) is 2.57. The number of likely N-dealkylation sites (tertiary alicyclic amines) is 1. The minimum Gasteiger partial charge on any atom is -0.329 e. The van der Waals surface area contributed by atoms with Gasteiger partial charge in [0, 0.05) is 12.6 Å². The van der Waals surface area contributed by atoms with Crippen LogP contribution in [0.2, 0.25) is 0 Å². The van der Waals surface area contributed by atoms with Crippen molar-refractivity contribution in [3.05, 3.63) is 0 Å². The van der Waals surface area contributed by atoms with E-state index in [4.69, 9.17) is 11.5 Å². The van der Waals surface area contributed by atoms with Gasteiger partial charge in [0.2, 0.25) is 0 Å². The zero-order chi connectivity index (χ0) is 8.81. The Bertz CT molecular complexity index is 110. The molecule has 1 heterocycles. The number of nitrogens with zero attached hydrogens (tertiary/aromatic N) is 1. The second kappa shape index (κ2) is 5.51. The van der Waals surface area contributed by atoms with Crippen molar-refractivity contribution in [2.45, 2.75) is 31.7 Å². The average molecular weight is 171 g/mol. The molecule has 72 valence electrons. The third-order valence-corrected chi connectivity index (χ3v) is 2.57. The number of rotatable bonds is 4. The van der Waals surface area contributed by atoms with E-state index in [2.05, 4.69) is 4.90 Å². The summed E-state index contributed by atoms with van der Waals surface area (Å²) in [6.07, 6.45) is 5.17. The van der Waals surface area contributed by atoms with Crippen LogP contribution in [0.3, 0.4) is 0 Å². The van der Waals surface area contributed by atoms with Crippen LogP contribution in [-0.2, 0) is 0 Å². The molecule has 1 saturated heterocycles. The van der Waals surface area contributed by atoms with Gasteiger partial charge in [0.25, 0.3) is 0 Å². The predicted molar refractivity (Wildman–Crippen MR) is 51.9 cm³/mol. The summed E-state index contributed by atoms with van der Waals surface area (Å²) in [5, 5.41) is 0. The lowest BCUT2D eigenvalue weighted by atomic mass is 10.1. The zero-order valence-electron chi connectivity index (χ0n) is 7.84. The van der Waals surface area contributed by atoms with E-state index in [1.807, 2.05) is 0 Å². The summed E-state index contributed by atoms with van der Waals surface area (Å²) in [5.41, 5.74) is 11.2. The molecule has 4 N–H and O–H groups in total. The summed E-state index contributed by atoms with van der Waals surface area (Å²) in [5.74, 6) is 0. The molecule has 0 bridgehead atoms. The molecule has 12 heavy (non-hydrogen) atoms. The quantitative estimate of drug-likeness (QED) is 0.633. The molecule has 3 heteroatoms. The Kier molecular flexibility index (Phi) is 4.58. The number of hydrogen-bond acceptors (Lipinski definition) is 3. The molecule has 0 aromatic heterocycles. The molecule has 0 aliphatic carbocycles. The highest BCUT2D eigenvalue weighted by Gasteiger charge is 2.10. The highest BCUT2D eigenvalue weighted by molar-refractivity contribution is 4.68. The largest absolute Gasteiger partial charge is 0.329 e. The second-order valence-corrected chi connectivity index (χ2v) is 3.69. The topological polar surface area (TPSA) is 55.3 Å². The lowest BCUT2D eigenvalue weighted by Gasteiger charge is -2.27. The SMILES string of the molecule is NCC(N)CCN1CCCCC1. The summed E-state index contributed by atoms with van der Waals surface area (Å²) < 4.78 is 0. The maximum absolute atomic E-state index is 5.74. The van der Waals surface area contributed by atoms with Gasteiger partial charge in [0.15, 0.2) is 0 Å². The first-order chi connectivity index (χ1) is 5.83. The summed E-state index contributed by atoms with van der Waals surface area (Å²) in [7, 11) is 0. The molecular weight excluding hydrogens is 150 g/mol. The van der Waals surface area contributed by atoms with Crippen LogP contribution in [-0.4, -0.2) is 37.1 Å². The van der Waals surface area contributed by atoms with E-state index in [0.29, 0.717) is 6.54 Å². The van der Waals surface area contributed by atoms with Crippen LogP contribution >= 0.6 is 0 Å². The first-order valence-electron chi connectivity index (χ1n) is 5.01. The maximum Gasteiger partial charge on any atom is 0.0175 e. The number of nitrogens with two attached hydrogens (primary N) is 2. The predicted octanol–water partition coefficient (Wildman–Crippen LogP) is 0.148. The molecule has 1 aliphatic rings. The highest BCUT2D eigenvalue weighted by atomic mass is 15.1. The standard InChI is InChI=1S/C9H21N3/c10-8-9(11)4-7-12-5-2-1-3-6-12/h9H,1-8,10-11H2. The molecule has 1 unspecified atom stereocenters. The van der Waals surface area contributed by atoms with Crippen LogP contribution in [0.1, 0.15) is 25.7 Å². The van der Waals surface area contributed by atoms with Gasteiger partial charge in [-0.2, -0.15) is 0 Å². The normalized spacial score (nSPS) is 22.5. The Balaban J connectivity index is 2.05. The maximum atomic E-state index is 5.74. The van der Waals surface area contributed by atoms with Gasteiger partial charge in [0.1, 0.15) is 0 Å². The van der Waals surface area contributed by atoms with Crippen molar-refractivity contribution in [3.63, 3.8) is 0 Å². The van der Waals surface area contributed by atoms with Gasteiger partial charge in [-0.1, -0.05) is 6.42 Å². The Hall–Kier alpha value is -0.120.